The number of hydrogen-bond acceptors (Lipinski definition) is 1. The highest BCUT2D eigenvalue weighted by Crippen LogP contribution is 2.15. The van der Waals surface area contributed by atoms with Crippen molar-refractivity contribution in [3.05, 3.63) is 29.8 Å². The third-order valence-corrected chi connectivity index (χ3v) is 3.75. The van der Waals surface area contributed by atoms with Crippen molar-refractivity contribution in [2.45, 2.75) is 51.1 Å². The molecule has 94 valence electrons. The van der Waals surface area contributed by atoms with Gasteiger partial charge in [0.15, 0.2) is 0 Å². The Labute approximate surface area is 104 Å². The molecule has 1 aromatic rings. The molecule has 1 fully saturated rings. The molecule has 2 rings (SSSR count). The lowest BCUT2D eigenvalue weighted by molar-refractivity contribution is -0.705. The highest BCUT2D eigenvalue weighted by atomic mass is 16.5. The van der Waals surface area contributed by atoms with Crippen LogP contribution in [0.4, 0.5) is 0 Å². The Bertz CT molecular complexity index is 312. The Balaban J connectivity index is 1.79. The van der Waals surface area contributed by atoms with Crippen LogP contribution in [0.3, 0.4) is 0 Å². The third-order valence-electron chi connectivity index (χ3n) is 3.75. The summed E-state index contributed by atoms with van der Waals surface area (Å²) in [6.07, 6.45) is 8.51. The van der Waals surface area contributed by atoms with E-state index in [0.717, 1.165) is 18.3 Å². The van der Waals surface area contributed by atoms with Gasteiger partial charge in [0.05, 0.1) is 13.2 Å². The maximum atomic E-state index is 5.17. The van der Waals surface area contributed by atoms with E-state index in [0.29, 0.717) is 0 Å². The minimum atomic E-state index is 0.847. The molecule has 0 radical (unpaired) electrons. The van der Waals surface area contributed by atoms with Gasteiger partial charge in [-0.1, -0.05) is 12.8 Å². The molecule has 0 heterocycles. The van der Waals surface area contributed by atoms with Gasteiger partial charge in [0, 0.05) is 5.56 Å². The number of ether oxygens (including phenoxy) is 1. The second-order valence-electron chi connectivity index (χ2n) is 5.04. The molecule has 0 aromatic heterocycles. The molecule has 2 N–H and O–H groups in total. The van der Waals surface area contributed by atoms with Crippen LogP contribution in [0.5, 0.6) is 5.75 Å². The lowest BCUT2D eigenvalue weighted by Crippen LogP contribution is -2.88. The van der Waals surface area contributed by atoms with E-state index >= 15 is 0 Å². The van der Waals surface area contributed by atoms with E-state index in [1.807, 2.05) is 0 Å². The minimum Gasteiger partial charge on any atom is -0.497 e. The fraction of sp³-hybridized carbons (Fsp3) is 0.600. The van der Waals surface area contributed by atoms with E-state index in [-0.39, 0.29) is 0 Å². The zero-order valence-corrected chi connectivity index (χ0v) is 10.8. The molecule has 1 saturated carbocycles. The Morgan fingerprint density at radius 3 is 2.29 bits per heavy atom. The summed E-state index contributed by atoms with van der Waals surface area (Å²) in [7, 11) is 1.71. The van der Waals surface area contributed by atoms with Crippen LogP contribution in [-0.4, -0.2) is 13.2 Å². The molecular formula is C15H24NO+. The van der Waals surface area contributed by atoms with Gasteiger partial charge in [-0.15, -0.1) is 0 Å². The van der Waals surface area contributed by atoms with E-state index in [1.165, 1.54) is 44.1 Å². The maximum Gasteiger partial charge on any atom is 0.118 e. The average Bonchev–Trinajstić information content (AvgIpc) is 2.65. The Hall–Kier alpha value is -1.02. The van der Waals surface area contributed by atoms with Crippen molar-refractivity contribution in [2.24, 2.45) is 0 Å². The molecule has 1 aliphatic carbocycles. The standard InChI is InChI=1S/C15H23NO/c1-17-15-10-8-13(9-11-15)12-16-14-6-4-2-3-5-7-14/h8-11,14,16H,2-7,12H2,1H3/p+1. The number of benzene rings is 1. The molecular weight excluding hydrogens is 210 g/mol. The van der Waals surface area contributed by atoms with Gasteiger partial charge in [0.1, 0.15) is 12.3 Å². The second kappa shape index (κ2) is 6.65. The predicted octanol–water partition coefficient (Wildman–Crippen LogP) is 2.48. The molecule has 17 heavy (non-hydrogen) atoms. The first-order valence-corrected chi connectivity index (χ1v) is 6.85. The number of hydrogen-bond donors (Lipinski definition) is 1. The van der Waals surface area contributed by atoms with Gasteiger partial charge in [-0.25, -0.2) is 0 Å². The third kappa shape index (κ3) is 4.04. The zero-order valence-electron chi connectivity index (χ0n) is 10.8. The fourth-order valence-corrected chi connectivity index (χ4v) is 2.61. The van der Waals surface area contributed by atoms with Crippen molar-refractivity contribution >= 4 is 0 Å². The van der Waals surface area contributed by atoms with E-state index in [9.17, 15) is 0 Å². The first-order valence-electron chi connectivity index (χ1n) is 6.85. The summed E-state index contributed by atoms with van der Waals surface area (Å²) in [5, 5.41) is 2.52. The summed E-state index contributed by atoms with van der Waals surface area (Å²) in [6, 6.07) is 9.30. The molecule has 0 atom stereocenters. The molecule has 2 heteroatoms. The predicted molar refractivity (Wildman–Crippen MR) is 70.1 cm³/mol. The normalized spacial score (nSPS) is 17.7. The molecule has 0 aliphatic heterocycles. The molecule has 1 aromatic carbocycles. The van der Waals surface area contributed by atoms with Gasteiger partial charge in [-0.05, 0) is 49.9 Å². The smallest absolute Gasteiger partial charge is 0.118 e. The van der Waals surface area contributed by atoms with Crippen LogP contribution < -0.4 is 10.1 Å². The van der Waals surface area contributed by atoms with Crippen molar-refractivity contribution in [3.8, 4) is 5.75 Å². The number of rotatable bonds is 4. The van der Waals surface area contributed by atoms with Crippen molar-refractivity contribution in [1.29, 1.82) is 0 Å². The van der Waals surface area contributed by atoms with E-state index in [2.05, 4.69) is 29.6 Å². The lowest BCUT2D eigenvalue weighted by atomic mass is 10.1. The summed E-state index contributed by atoms with van der Waals surface area (Å²) in [6.45, 7) is 1.11. The van der Waals surface area contributed by atoms with Gasteiger partial charge >= 0.3 is 0 Å². The number of nitrogens with two attached hydrogens (primary N) is 1. The van der Waals surface area contributed by atoms with Crippen molar-refractivity contribution < 1.29 is 10.1 Å². The minimum absolute atomic E-state index is 0.847. The largest absolute Gasteiger partial charge is 0.497 e. The van der Waals surface area contributed by atoms with E-state index < -0.39 is 0 Å². The van der Waals surface area contributed by atoms with Gasteiger partial charge in [0.25, 0.3) is 0 Å². The average molecular weight is 234 g/mol. The van der Waals surface area contributed by atoms with Crippen molar-refractivity contribution in [1.82, 2.24) is 0 Å². The summed E-state index contributed by atoms with van der Waals surface area (Å²) in [5.41, 5.74) is 1.40. The molecule has 0 bridgehead atoms. The topological polar surface area (TPSA) is 25.8 Å². The van der Waals surface area contributed by atoms with E-state index in [4.69, 9.17) is 4.74 Å². The van der Waals surface area contributed by atoms with Gasteiger partial charge in [0.2, 0.25) is 0 Å². The van der Waals surface area contributed by atoms with Crippen LogP contribution in [0.1, 0.15) is 44.1 Å². The summed E-state index contributed by atoms with van der Waals surface area (Å²) in [5.74, 6) is 0.947. The zero-order chi connectivity index (χ0) is 11.9. The van der Waals surface area contributed by atoms with Crippen molar-refractivity contribution in [2.75, 3.05) is 7.11 Å². The van der Waals surface area contributed by atoms with Crippen LogP contribution in [0.2, 0.25) is 0 Å². The Kier molecular flexibility index (Phi) is 4.87. The van der Waals surface area contributed by atoms with Gasteiger partial charge in [-0.2, -0.15) is 0 Å². The second-order valence-corrected chi connectivity index (χ2v) is 5.04. The highest BCUT2D eigenvalue weighted by molar-refractivity contribution is 5.26. The Morgan fingerprint density at radius 1 is 1.06 bits per heavy atom. The quantitative estimate of drug-likeness (QED) is 0.796. The molecule has 0 amide bonds. The summed E-state index contributed by atoms with van der Waals surface area (Å²) in [4.78, 5) is 0. The molecule has 0 spiro atoms. The maximum absolute atomic E-state index is 5.17. The number of quaternary nitrogens is 1. The van der Waals surface area contributed by atoms with Crippen molar-refractivity contribution in [3.63, 3.8) is 0 Å². The first kappa shape index (κ1) is 12.4. The monoisotopic (exact) mass is 234 g/mol. The van der Waals surface area contributed by atoms with Crippen LogP contribution in [-0.2, 0) is 6.54 Å². The Morgan fingerprint density at radius 2 is 1.71 bits per heavy atom. The number of methoxy groups -OCH3 is 1. The van der Waals surface area contributed by atoms with Crippen LogP contribution in [0.25, 0.3) is 0 Å². The molecule has 0 saturated heterocycles. The van der Waals surface area contributed by atoms with Crippen LogP contribution >= 0.6 is 0 Å². The van der Waals surface area contributed by atoms with E-state index in [1.54, 1.807) is 7.11 Å². The highest BCUT2D eigenvalue weighted by Gasteiger charge is 2.14. The van der Waals surface area contributed by atoms with Gasteiger partial charge < -0.3 is 10.1 Å². The van der Waals surface area contributed by atoms with Crippen LogP contribution in [0.15, 0.2) is 24.3 Å². The lowest BCUT2D eigenvalue weighted by Gasteiger charge is -2.12. The SMILES string of the molecule is COc1ccc(C[NH2+]C2CCCCCC2)cc1. The fourth-order valence-electron chi connectivity index (χ4n) is 2.61. The molecule has 1 aliphatic rings. The first-order chi connectivity index (χ1) is 8.38. The molecule has 2 nitrogen and oxygen atoms in total. The molecule has 0 unspecified atom stereocenters. The summed E-state index contributed by atoms with van der Waals surface area (Å²) < 4.78 is 5.17. The summed E-state index contributed by atoms with van der Waals surface area (Å²) >= 11 is 0. The van der Waals surface area contributed by atoms with Crippen LogP contribution in [0, 0.1) is 0 Å². The van der Waals surface area contributed by atoms with Gasteiger partial charge in [-0.3, -0.25) is 0 Å².